The Kier molecular flexibility index (Phi) is 5.62. The fraction of sp³-hybridized carbons (Fsp3) is 0.250. The van der Waals surface area contributed by atoms with Gasteiger partial charge < -0.3 is 10.6 Å². The molecule has 0 bridgehead atoms. The molecule has 3 rings (SSSR count). The van der Waals surface area contributed by atoms with Crippen molar-refractivity contribution < 1.29 is 9.59 Å². The highest BCUT2D eigenvalue weighted by Gasteiger charge is 2.24. The van der Waals surface area contributed by atoms with Crippen LogP contribution in [-0.4, -0.2) is 28.2 Å². The van der Waals surface area contributed by atoms with Gasteiger partial charge in [0.25, 0.3) is 5.91 Å². The van der Waals surface area contributed by atoms with Crippen LogP contribution in [0, 0.1) is 20.8 Å². The largest absolute Gasteiger partial charge is 0.368 e. The molecule has 7 heteroatoms. The number of aromatic nitrogens is 1. The zero-order valence-corrected chi connectivity index (χ0v) is 17.8. The van der Waals surface area contributed by atoms with E-state index in [9.17, 15) is 9.59 Å². The van der Waals surface area contributed by atoms with Gasteiger partial charge in [0.05, 0.1) is 4.88 Å². The molecule has 1 aromatic carbocycles. The first-order valence-corrected chi connectivity index (χ1v) is 10.1. The van der Waals surface area contributed by atoms with Crippen molar-refractivity contribution in [1.29, 1.82) is 0 Å². The maximum atomic E-state index is 13.2. The second-order valence-corrected chi connectivity index (χ2v) is 8.49. The van der Waals surface area contributed by atoms with Crippen LogP contribution in [0.3, 0.4) is 0 Å². The average Bonchev–Trinajstić information content (AvgIpc) is 2.91. The van der Waals surface area contributed by atoms with Gasteiger partial charge in [-0.25, -0.2) is 4.98 Å². The minimum Gasteiger partial charge on any atom is -0.368 e. The Labute approximate surface area is 170 Å². The molecule has 0 atom stereocenters. The topological polar surface area (TPSA) is 76.3 Å². The standard InChI is InChI=1S/C20H20BrN3O2S/c1-11-8-12(2)23-19-17(11)13(3)18(27-19)20(26)24(10-16(22)25)9-14-4-6-15(21)7-5-14/h4-8H,9-10H2,1-3H3,(H2,22,25). The predicted octanol–water partition coefficient (Wildman–Crippen LogP) is 4.11. The van der Waals surface area contributed by atoms with Crippen LogP contribution in [0.2, 0.25) is 0 Å². The maximum Gasteiger partial charge on any atom is 0.265 e. The number of aryl methyl sites for hydroxylation is 3. The summed E-state index contributed by atoms with van der Waals surface area (Å²) in [5.41, 5.74) is 9.24. The molecule has 0 radical (unpaired) electrons. The Bertz CT molecular complexity index is 1030. The number of fused-ring (bicyclic) bond motifs is 1. The van der Waals surface area contributed by atoms with Crippen LogP contribution in [0.1, 0.15) is 32.1 Å². The van der Waals surface area contributed by atoms with Crippen molar-refractivity contribution in [3.05, 3.63) is 62.1 Å². The van der Waals surface area contributed by atoms with Crippen molar-refractivity contribution in [3.63, 3.8) is 0 Å². The van der Waals surface area contributed by atoms with Crippen LogP contribution in [0.25, 0.3) is 10.2 Å². The van der Waals surface area contributed by atoms with E-state index >= 15 is 0 Å². The second kappa shape index (κ2) is 7.78. The normalized spacial score (nSPS) is 11.0. The van der Waals surface area contributed by atoms with Crippen molar-refractivity contribution in [2.45, 2.75) is 27.3 Å². The monoisotopic (exact) mass is 445 g/mol. The van der Waals surface area contributed by atoms with Gasteiger partial charge in [-0.15, -0.1) is 11.3 Å². The van der Waals surface area contributed by atoms with Gasteiger partial charge in [0.15, 0.2) is 0 Å². The number of thiophene rings is 1. The third-order valence-electron chi connectivity index (χ3n) is 4.34. The first-order valence-electron chi connectivity index (χ1n) is 8.45. The smallest absolute Gasteiger partial charge is 0.265 e. The Morgan fingerprint density at radius 3 is 2.48 bits per heavy atom. The molecule has 0 unspecified atom stereocenters. The number of carbonyl (C=O) groups is 2. The van der Waals surface area contributed by atoms with Gasteiger partial charge in [0.1, 0.15) is 11.4 Å². The van der Waals surface area contributed by atoms with Gasteiger partial charge >= 0.3 is 0 Å². The molecule has 2 amide bonds. The van der Waals surface area contributed by atoms with E-state index in [2.05, 4.69) is 20.9 Å². The summed E-state index contributed by atoms with van der Waals surface area (Å²) in [4.78, 5) is 32.3. The molecule has 0 aliphatic carbocycles. The quantitative estimate of drug-likeness (QED) is 0.641. The van der Waals surface area contributed by atoms with Crippen molar-refractivity contribution in [3.8, 4) is 0 Å². The van der Waals surface area contributed by atoms with Gasteiger partial charge in [-0.1, -0.05) is 28.1 Å². The zero-order valence-electron chi connectivity index (χ0n) is 15.4. The van der Waals surface area contributed by atoms with Gasteiger partial charge in [-0.05, 0) is 55.7 Å². The number of rotatable bonds is 5. The molecule has 0 spiro atoms. The van der Waals surface area contributed by atoms with Crippen LogP contribution in [0.15, 0.2) is 34.8 Å². The van der Waals surface area contributed by atoms with Crippen molar-refractivity contribution >= 4 is 49.3 Å². The number of hydrogen-bond donors (Lipinski definition) is 1. The summed E-state index contributed by atoms with van der Waals surface area (Å²) in [7, 11) is 0. The van der Waals surface area contributed by atoms with Crippen molar-refractivity contribution in [2.75, 3.05) is 6.54 Å². The van der Waals surface area contributed by atoms with Crippen LogP contribution in [0.4, 0.5) is 0 Å². The molecule has 0 saturated heterocycles. The molecule has 2 heterocycles. The van der Waals surface area contributed by atoms with E-state index < -0.39 is 5.91 Å². The van der Waals surface area contributed by atoms with E-state index in [0.717, 1.165) is 37.1 Å². The number of hydrogen-bond acceptors (Lipinski definition) is 4. The number of halogens is 1. The molecule has 5 nitrogen and oxygen atoms in total. The fourth-order valence-corrected chi connectivity index (χ4v) is 4.70. The molecule has 27 heavy (non-hydrogen) atoms. The van der Waals surface area contributed by atoms with Crippen LogP contribution in [-0.2, 0) is 11.3 Å². The first-order chi connectivity index (χ1) is 12.8. The third kappa shape index (κ3) is 4.20. The highest BCUT2D eigenvalue weighted by Crippen LogP contribution is 2.33. The summed E-state index contributed by atoms with van der Waals surface area (Å²) in [5.74, 6) is -0.737. The van der Waals surface area contributed by atoms with Crippen molar-refractivity contribution in [2.24, 2.45) is 5.73 Å². The zero-order chi connectivity index (χ0) is 19.7. The SMILES string of the molecule is Cc1cc(C)c2c(C)c(C(=O)N(CC(N)=O)Cc3ccc(Br)cc3)sc2n1. The third-order valence-corrected chi connectivity index (χ3v) is 6.04. The molecule has 2 aromatic heterocycles. The van der Waals surface area contributed by atoms with Gasteiger partial charge in [-0.3, -0.25) is 9.59 Å². The number of nitrogens with zero attached hydrogens (tertiary/aromatic N) is 2. The highest BCUT2D eigenvalue weighted by molar-refractivity contribution is 9.10. The van der Waals surface area contributed by atoms with Crippen LogP contribution in [0.5, 0.6) is 0 Å². The number of pyridine rings is 1. The van der Waals surface area contributed by atoms with Crippen LogP contribution < -0.4 is 5.73 Å². The van der Waals surface area contributed by atoms with E-state index in [0.29, 0.717) is 11.4 Å². The molecule has 140 valence electrons. The van der Waals surface area contributed by atoms with E-state index in [1.807, 2.05) is 51.1 Å². The lowest BCUT2D eigenvalue weighted by Gasteiger charge is -2.21. The van der Waals surface area contributed by atoms with Crippen molar-refractivity contribution in [1.82, 2.24) is 9.88 Å². The summed E-state index contributed by atoms with van der Waals surface area (Å²) >= 11 is 4.77. The number of amides is 2. The fourth-order valence-electron chi connectivity index (χ4n) is 3.16. The lowest BCUT2D eigenvalue weighted by molar-refractivity contribution is -0.118. The molecular formula is C20H20BrN3O2S. The summed E-state index contributed by atoms with van der Waals surface area (Å²) in [6.07, 6.45) is 0. The lowest BCUT2D eigenvalue weighted by Crippen LogP contribution is -2.37. The Hall–Kier alpha value is -2.25. The molecule has 2 N–H and O–H groups in total. The molecule has 0 saturated carbocycles. The Morgan fingerprint density at radius 1 is 1.19 bits per heavy atom. The number of nitrogens with two attached hydrogens (primary N) is 1. The van der Waals surface area contributed by atoms with E-state index in [1.54, 1.807) is 0 Å². The first kappa shape index (κ1) is 19.5. The lowest BCUT2D eigenvalue weighted by atomic mass is 10.1. The molecule has 0 aliphatic heterocycles. The number of carbonyl (C=O) groups excluding carboxylic acids is 2. The van der Waals surface area contributed by atoms with E-state index in [-0.39, 0.29) is 12.5 Å². The van der Waals surface area contributed by atoms with E-state index in [1.165, 1.54) is 16.2 Å². The number of benzene rings is 1. The van der Waals surface area contributed by atoms with Gasteiger partial charge in [0.2, 0.25) is 5.91 Å². The number of primary amides is 1. The summed E-state index contributed by atoms with van der Waals surface area (Å²) in [6.45, 7) is 6.07. The second-order valence-electron chi connectivity index (χ2n) is 6.57. The summed E-state index contributed by atoms with van der Waals surface area (Å²) in [6, 6.07) is 9.65. The Morgan fingerprint density at radius 2 is 1.85 bits per heavy atom. The van der Waals surface area contributed by atoms with Gasteiger partial charge in [-0.2, -0.15) is 0 Å². The van der Waals surface area contributed by atoms with Crippen LogP contribution >= 0.6 is 27.3 Å². The predicted molar refractivity (Wildman–Crippen MR) is 112 cm³/mol. The average molecular weight is 446 g/mol. The summed E-state index contributed by atoms with van der Waals surface area (Å²) in [5, 5.41) is 1.01. The maximum absolute atomic E-state index is 13.2. The van der Waals surface area contributed by atoms with E-state index in [4.69, 9.17) is 5.73 Å². The van der Waals surface area contributed by atoms with Gasteiger partial charge in [0, 0.05) is 22.1 Å². The minimum atomic E-state index is -0.538. The minimum absolute atomic E-state index is 0.131. The molecular weight excluding hydrogens is 426 g/mol. The molecule has 0 fully saturated rings. The summed E-state index contributed by atoms with van der Waals surface area (Å²) < 4.78 is 0.955. The molecule has 0 aliphatic rings. The Balaban J connectivity index is 1.99. The molecule has 3 aromatic rings. The highest BCUT2D eigenvalue weighted by atomic mass is 79.9.